The number of fused-ring (bicyclic) bond motifs is 1. The maximum Gasteiger partial charge on any atom is -0.0274 e. The van der Waals surface area contributed by atoms with E-state index in [1.165, 1.54) is 51.4 Å². The Kier molecular flexibility index (Phi) is 1.44. The molecule has 0 heteroatoms. The van der Waals surface area contributed by atoms with Gasteiger partial charge in [-0.15, -0.1) is 0 Å². The second kappa shape index (κ2) is 2.48. The van der Waals surface area contributed by atoms with E-state index in [1.54, 1.807) is 0 Å². The summed E-state index contributed by atoms with van der Waals surface area (Å²) in [5, 5.41) is 0. The van der Waals surface area contributed by atoms with Gasteiger partial charge in [0.2, 0.25) is 0 Å². The summed E-state index contributed by atoms with van der Waals surface area (Å²) in [7, 11) is 0. The molecule has 0 atom stereocenters. The summed E-state index contributed by atoms with van der Waals surface area (Å²) in [6, 6.07) is 0. The lowest BCUT2D eigenvalue weighted by Crippen LogP contribution is -1.97. The van der Waals surface area contributed by atoms with Crippen LogP contribution in [0, 0.1) is 0 Å². The third kappa shape index (κ3) is 0.840. The summed E-state index contributed by atoms with van der Waals surface area (Å²) in [5.74, 6) is 0. The molecule has 0 aromatic carbocycles. The molecule has 0 aromatic rings. The highest BCUT2D eigenvalue weighted by atomic mass is 14.3. The van der Waals surface area contributed by atoms with Gasteiger partial charge in [-0.3, -0.25) is 0 Å². The Labute approximate surface area is 74.4 Å². The highest BCUT2D eigenvalue weighted by molar-refractivity contribution is 5.46. The maximum absolute atomic E-state index is 1.83. The molecular formula is C12H16. The zero-order chi connectivity index (χ0) is 7.97. The van der Waals surface area contributed by atoms with Gasteiger partial charge in [0, 0.05) is 0 Å². The topological polar surface area (TPSA) is 0 Å². The van der Waals surface area contributed by atoms with Gasteiger partial charge < -0.3 is 0 Å². The minimum absolute atomic E-state index is 1.41. The smallest absolute Gasteiger partial charge is 0.0274 e. The first-order valence-corrected chi connectivity index (χ1v) is 5.37. The van der Waals surface area contributed by atoms with Crippen LogP contribution in [-0.2, 0) is 0 Å². The SMILES string of the molecule is C1CC2=C(C1)C1=C(CCC1)CC2. The van der Waals surface area contributed by atoms with Gasteiger partial charge in [0.05, 0.1) is 0 Å². The first-order valence-electron chi connectivity index (χ1n) is 5.37. The summed E-state index contributed by atoms with van der Waals surface area (Å²) in [6.45, 7) is 0. The Morgan fingerprint density at radius 1 is 0.500 bits per heavy atom. The summed E-state index contributed by atoms with van der Waals surface area (Å²) >= 11 is 0. The Morgan fingerprint density at radius 2 is 1.00 bits per heavy atom. The molecule has 0 radical (unpaired) electrons. The van der Waals surface area contributed by atoms with Crippen molar-refractivity contribution < 1.29 is 0 Å². The molecule has 0 unspecified atom stereocenters. The van der Waals surface area contributed by atoms with Crippen LogP contribution in [0.25, 0.3) is 0 Å². The predicted octanol–water partition coefficient (Wildman–Crippen LogP) is 3.74. The fraction of sp³-hybridized carbons (Fsp3) is 0.667. The van der Waals surface area contributed by atoms with Gasteiger partial charge in [0.25, 0.3) is 0 Å². The van der Waals surface area contributed by atoms with E-state index in [-0.39, 0.29) is 0 Å². The molecule has 3 rings (SSSR count). The third-order valence-electron chi connectivity index (χ3n) is 3.76. The molecule has 0 aliphatic heterocycles. The molecule has 0 aromatic heterocycles. The van der Waals surface area contributed by atoms with Crippen molar-refractivity contribution in [1.29, 1.82) is 0 Å². The molecule has 0 fully saturated rings. The monoisotopic (exact) mass is 160 g/mol. The van der Waals surface area contributed by atoms with E-state index in [0.29, 0.717) is 0 Å². The lowest BCUT2D eigenvalue weighted by atomic mass is 9.89. The summed E-state index contributed by atoms with van der Waals surface area (Å²) in [5.41, 5.74) is 7.29. The molecule has 0 amide bonds. The molecule has 0 N–H and O–H groups in total. The average molecular weight is 160 g/mol. The van der Waals surface area contributed by atoms with Gasteiger partial charge in [0.15, 0.2) is 0 Å². The van der Waals surface area contributed by atoms with Crippen molar-refractivity contribution >= 4 is 0 Å². The predicted molar refractivity (Wildman–Crippen MR) is 51.0 cm³/mol. The minimum Gasteiger partial charge on any atom is -0.0664 e. The highest BCUT2D eigenvalue weighted by Crippen LogP contribution is 2.46. The molecule has 0 spiro atoms. The van der Waals surface area contributed by atoms with Crippen molar-refractivity contribution in [2.75, 3.05) is 0 Å². The summed E-state index contributed by atoms with van der Waals surface area (Å²) < 4.78 is 0. The van der Waals surface area contributed by atoms with Crippen molar-refractivity contribution in [3.05, 3.63) is 22.3 Å². The highest BCUT2D eigenvalue weighted by Gasteiger charge is 2.26. The molecule has 0 bridgehead atoms. The van der Waals surface area contributed by atoms with Crippen molar-refractivity contribution in [1.82, 2.24) is 0 Å². The van der Waals surface area contributed by atoms with Crippen molar-refractivity contribution in [2.45, 2.75) is 51.4 Å². The number of hydrogen-bond acceptors (Lipinski definition) is 0. The van der Waals surface area contributed by atoms with Gasteiger partial charge in [-0.1, -0.05) is 11.1 Å². The van der Waals surface area contributed by atoms with E-state index in [1.807, 2.05) is 22.3 Å². The maximum atomic E-state index is 1.83. The van der Waals surface area contributed by atoms with Crippen LogP contribution in [0.15, 0.2) is 22.3 Å². The Hall–Kier alpha value is -0.520. The van der Waals surface area contributed by atoms with Gasteiger partial charge in [0.1, 0.15) is 0 Å². The fourth-order valence-corrected chi connectivity index (χ4v) is 3.19. The van der Waals surface area contributed by atoms with Crippen LogP contribution in [0.2, 0.25) is 0 Å². The minimum atomic E-state index is 1.41. The molecule has 3 aliphatic carbocycles. The average Bonchev–Trinajstić information content (AvgIpc) is 2.71. The Morgan fingerprint density at radius 3 is 1.50 bits per heavy atom. The van der Waals surface area contributed by atoms with Gasteiger partial charge in [-0.25, -0.2) is 0 Å². The van der Waals surface area contributed by atoms with E-state index >= 15 is 0 Å². The second-order valence-corrected chi connectivity index (χ2v) is 4.37. The second-order valence-electron chi connectivity index (χ2n) is 4.37. The van der Waals surface area contributed by atoms with Crippen LogP contribution in [0.4, 0.5) is 0 Å². The van der Waals surface area contributed by atoms with Crippen molar-refractivity contribution in [2.24, 2.45) is 0 Å². The molecule has 0 saturated heterocycles. The summed E-state index contributed by atoms with van der Waals surface area (Å²) in [4.78, 5) is 0. The van der Waals surface area contributed by atoms with Crippen LogP contribution in [0.5, 0.6) is 0 Å². The molecule has 64 valence electrons. The number of rotatable bonds is 0. The van der Waals surface area contributed by atoms with Gasteiger partial charge in [-0.2, -0.15) is 0 Å². The van der Waals surface area contributed by atoms with E-state index in [2.05, 4.69) is 0 Å². The fourth-order valence-electron chi connectivity index (χ4n) is 3.19. The van der Waals surface area contributed by atoms with Crippen molar-refractivity contribution in [3.63, 3.8) is 0 Å². The normalized spacial score (nSPS) is 28.0. The lowest BCUT2D eigenvalue weighted by Gasteiger charge is -2.17. The largest absolute Gasteiger partial charge is 0.0664 e. The first-order chi connectivity index (χ1) is 5.95. The van der Waals surface area contributed by atoms with E-state index < -0.39 is 0 Å². The molecule has 0 saturated carbocycles. The van der Waals surface area contributed by atoms with Crippen LogP contribution < -0.4 is 0 Å². The quantitative estimate of drug-likeness (QED) is 0.506. The number of hydrogen-bond donors (Lipinski definition) is 0. The van der Waals surface area contributed by atoms with E-state index in [4.69, 9.17) is 0 Å². The zero-order valence-corrected chi connectivity index (χ0v) is 7.66. The molecule has 3 aliphatic rings. The van der Waals surface area contributed by atoms with Crippen molar-refractivity contribution in [3.8, 4) is 0 Å². The third-order valence-corrected chi connectivity index (χ3v) is 3.76. The van der Waals surface area contributed by atoms with Crippen LogP contribution >= 0.6 is 0 Å². The van der Waals surface area contributed by atoms with Crippen LogP contribution in [0.1, 0.15) is 51.4 Å². The van der Waals surface area contributed by atoms with Gasteiger partial charge in [-0.05, 0) is 62.5 Å². The lowest BCUT2D eigenvalue weighted by molar-refractivity contribution is 0.809. The molecule has 0 nitrogen and oxygen atoms in total. The zero-order valence-electron chi connectivity index (χ0n) is 7.66. The van der Waals surface area contributed by atoms with Gasteiger partial charge >= 0.3 is 0 Å². The van der Waals surface area contributed by atoms with Crippen LogP contribution in [-0.4, -0.2) is 0 Å². The van der Waals surface area contributed by atoms with E-state index in [0.717, 1.165) is 0 Å². The summed E-state index contributed by atoms with van der Waals surface area (Å²) in [6.07, 6.45) is 11.4. The van der Waals surface area contributed by atoms with E-state index in [9.17, 15) is 0 Å². The van der Waals surface area contributed by atoms with Crippen LogP contribution in [0.3, 0.4) is 0 Å². The first kappa shape index (κ1) is 6.94. The Bertz CT molecular complexity index is 248. The number of allylic oxidation sites excluding steroid dienone is 4. The Balaban J connectivity index is 2.05. The molecule has 0 heterocycles. The standard InChI is InChI=1S/C12H16/c1-3-9-7-8-10-4-2-6-12(10)11(9)5-1/h1-8H2. The molecule has 12 heavy (non-hydrogen) atoms. The molecular weight excluding hydrogens is 144 g/mol.